The van der Waals surface area contributed by atoms with E-state index < -0.39 is 5.91 Å². The van der Waals surface area contributed by atoms with Gasteiger partial charge in [-0.25, -0.2) is 0 Å². The summed E-state index contributed by atoms with van der Waals surface area (Å²) in [5, 5.41) is 15.6. The van der Waals surface area contributed by atoms with Crippen molar-refractivity contribution in [1.29, 1.82) is 5.26 Å². The Kier molecular flexibility index (Phi) is 8.52. The van der Waals surface area contributed by atoms with Crippen molar-refractivity contribution in [2.24, 2.45) is 0 Å². The fourth-order valence-electron chi connectivity index (χ4n) is 2.98. The van der Waals surface area contributed by atoms with Gasteiger partial charge in [0.15, 0.2) is 28.8 Å². The van der Waals surface area contributed by atoms with Crippen molar-refractivity contribution in [2.75, 3.05) is 32.8 Å². The number of hydrogen-bond acceptors (Lipinski definition) is 8. The van der Waals surface area contributed by atoms with E-state index in [4.69, 9.17) is 23.5 Å². The molecule has 0 radical (unpaired) electrons. The van der Waals surface area contributed by atoms with Crippen molar-refractivity contribution in [1.82, 2.24) is 5.16 Å². The molecule has 9 nitrogen and oxygen atoms in total. The summed E-state index contributed by atoms with van der Waals surface area (Å²) in [4.78, 5) is 12.4. The average molecular weight is 463 g/mol. The van der Waals surface area contributed by atoms with Crippen molar-refractivity contribution >= 4 is 17.8 Å². The first-order chi connectivity index (χ1) is 16.5. The van der Waals surface area contributed by atoms with Gasteiger partial charge in [-0.2, -0.15) is 5.26 Å². The number of methoxy groups -OCH3 is 2. The average Bonchev–Trinajstić information content (AvgIpc) is 3.27. The van der Waals surface area contributed by atoms with Gasteiger partial charge in [-0.15, -0.1) is 0 Å². The number of nitrogens with zero attached hydrogens (tertiary/aromatic N) is 2. The number of aromatic nitrogens is 1. The first kappa shape index (κ1) is 24.2. The van der Waals surface area contributed by atoms with Gasteiger partial charge in [0.2, 0.25) is 0 Å². The predicted octanol–water partition coefficient (Wildman–Crippen LogP) is 4.39. The lowest BCUT2D eigenvalue weighted by Crippen LogP contribution is -2.13. The van der Waals surface area contributed by atoms with E-state index >= 15 is 0 Å². The fourth-order valence-corrected chi connectivity index (χ4v) is 2.98. The predicted molar refractivity (Wildman–Crippen MR) is 125 cm³/mol. The maximum absolute atomic E-state index is 12.4. The molecule has 0 unspecified atom stereocenters. The summed E-state index contributed by atoms with van der Waals surface area (Å²) in [5.41, 5.74) is 0.511. The molecule has 2 aromatic carbocycles. The van der Waals surface area contributed by atoms with Gasteiger partial charge in [-0.05, 0) is 42.8 Å². The van der Waals surface area contributed by atoms with Gasteiger partial charge in [-0.1, -0.05) is 23.4 Å². The lowest BCUT2D eigenvalue weighted by atomic mass is 10.1. The van der Waals surface area contributed by atoms with Crippen LogP contribution in [0.4, 0.5) is 5.82 Å². The number of nitriles is 1. The summed E-state index contributed by atoms with van der Waals surface area (Å²) in [6, 6.07) is 16.0. The third-order valence-corrected chi connectivity index (χ3v) is 4.61. The van der Waals surface area contributed by atoms with Crippen LogP contribution < -0.4 is 24.3 Å². The minimum Gasteiger partial charge on any atom is -0.493 e. The second-order valence-corrected chi connectivity index (χ2v) is 7.06. The molecular weight excluding hydrogens is 438 g/mol. The van der Waals surface area contributed by atoms with E-state index in [2.05, 4.69) is 10.5 Å². The number of ether oxygens (including phenoxy) is 4. The third-order valence-electron chi connectivity index (χ3n) is 4.61. The van der Waals surface area contributed by atoms with Crippen molar-refractivity contribution in [3.05, 3.63) is 65.4 Å². The van der Waals surface area contributed by atoms with Crippen LogP contribution in [0.25, 0.3) is 6.08 Å². The Morgan fingerprint density at radius 2 is 1.71 bits per heavy atom. The van der Waals surface area contributed by atoms with Crippen molar-refractivity contribution < 1.29 is 28.3 Å². The summed E-state index contributed by atoms with van der Waals surface area (Å²) in [6.07, 6.45) is 2.10. The van der Waals surface area contributed by atoms with E-state index in [1.807, 2.05) is 30.3 Å². The van der Waals surface area contributed by atoms with E-state index in [9.17, 15) is 10.1 Å². The molecule has 0 spiro atoms. The number of para-hydroxylation sites is 2. The molecule has 0 fully saturated rings. The number of aryl methyl sites for hydroxylation is 1. The number of benzene rings is 2. The minimum absolute atomic E-state index is 0.0927. The maximum atomic E-state index is 12.4. The maximum Gasteiger partial charge on any atom is 0.267 e. The molecule has 0 saturated carbocycles. The van der Waals surface area contributed by atoms with Crippen LogP contribution >= 0.6 is 0 Å². The van der Waals surface area contributed by atoms with Crippen LogP contribution in [-0.4, -0.2) is 38.5 Å². The summed E-state index contributed by atoms with van der Waals surface area (Å²) in [5.74, 6) is 2.56. The fraction of sp³-hybridized carbons (Fsp3) is 0.240. The SMILES string of the molecule is COc1ccccc1OCCCOc1ccc(C=C(C#N)C(=O)Nc2cc(C)on2)cc1OC. The molecule has 3 rings (SSSR count). The zero-order valence-electron chi connectivity index (χ0n) is 19.2. The first-order valence-corrected chi connectivity index (χ1v) is 10.5. The number of amides is 1. The van der Waals surface area contributed by atoms with E-state index in [1.165, 1.54) is 13.2 Å². The summed E-state index contributed by atoms with van der Waals surface area (Å²) in [7, 11) is 3.12. The number of nitrogens with one attached hydrogen (secondary N) is 1. The molecule has 3 aromatic rings. The summed E-state index contributed by atoms with van der Waals surface area (Å²) < 4.78 is 27.1. The van der Waals surface area contributed by atoms with Crippen LogP contribution in [0.1, 0.15) is 17.7 Å². The highest BCUT2D eigenvalue weighted by molar-refractivity contribution is 6.09. The monoisotopic (exact) mass is 463 g/mol. The first-order valence-electron chi connectivity index (χ1n) is 10.5. The highest BCUT2D eigenvalue weighted by Gasteiger charge is 2.13. The van der Waals surface area contributed by atoms with Gasteiger partial charge in [0.1, 0.15) is 17.4 Å². The third kappa shape index (κ3) is 6.53. The Balaban J connectivity index is 1.57. The summed E-state index contributed by atoms with van der Waals surface area (Å²) in [6.45, 7) is 2.56. The van der Waals surface area contributed by atoms with Crippen LogP contribution in [0.2, 0.25) is 0 Å². The van der Waals surface area contributed by atoms with Crippen LogP contribution in [-0.2, 0) is 4.79 Å². The highest BCUT2D eigenvalue weighted by atomic mass is 16.5. The topological polar surface area (TPSA) is 116 Å². The molecule has 0 aliphatic heterocycles. The molecule has 0 bridgehead atoms. The largest absolute Gasteiger partial charge is 0.493 e. The van der Waals surface area contributed by atoms with Crippen LogP contribution in [0, 0.1) is 18.3 Å². The molecule has 176 valence electrons. The summed E-state index contributed by atoms with van der Waals surface area (Å²) >= 11 is 0. The van der Waals surface area contributed by atoms with Crippen molar-refractivity contribution in [3.63, 3.8) is 0 Å². The van der Waals surface area contributed by atoms with Gasteiger partial charge >= 0.3 is 0 Å². The molecule has 34 heavy (non-hydrogen) atoms. The Labute approximate surface area is 197 Å². The van der Waals surface area contributed by atoms with Crippen molar-refractivity contribution in [3.8, 4) is 29.1 Å². The molecule has 0 saturated heterocycles. The second kappa shape index (κ2) is 12.0. The lowest BCUT2D eigenvalue weighted by molar-refractivity contribution is -0.112. The number of carbonyl (C=O) groups excluding carboxylic acids is 1. The van der Waals surface area contributed by atoms with Gasteiger partial charge < -0.3 is 28.8 Å². The molecule has 1 heterocycles. The Morgan fingerprint density at radius 1 is 1.03 bits per heavy atom. The molecular formula is C25H25N3O6. The Hall–Kier alpha value is -4.45. The zero-order chi connectivity index (χ0) is 24.3. The Bertz CT molecular complexity index is 1200. The standard InChI is InChI=1S/C25H25N3O6/c1-17-13-24(28-34-17)27-25(29)19(16-26)14-18-9-10-22(23(15-18)31-3)33-12-6-11-32-21-8-5-4-7-20(21)30-2/h4-5,7-10,13-15H,6,11-12H2,1-3H3,(H,27,28,29). The van der Waals surface area contributed by atoms with E-state index in [1.54, 1.807) is 38.3 Å². The normalized spacial score (nSPS) is 10.8. The van der Waals surface area contributed by atoms with E-state index in [-0.39, 0.29) is 11.4 Å². The number of hydrogen-bond donors (Lipinski definition) is 1. The van der Waals surface area contributed by atoms with E-state index in [0.717, 1.165) is 0 Å². The van der Waals surface area contributed by atoms with Crippen LogP contribution in [0.3, 0.4) is 0 Å². The minimum atomic E-state index is -0.592. The number of rotatable bonds is 11. The second-order valence-electron chi connectivity index (χ2n) is 7.06. The van der Waals surface area contributed by atoms with E-state index in [0.29, 0.717) is 54.0 Å². The lowest BCUT2D eigenvalue weighted by Gasteiger charge is -2.13. The zero-order valence-corrected chi connectivity index (χ0v) is 19.2. The molecule has 0 atom stereocenters. The molecule has 1 N–H and O–H groups in total. The Morgan fingerprint density at radius 3 is 2.32 bits per heavy atom. The van der Waals surface area contributed by atoms with Gasteiger partial charge in [-0.3, -0.25) is 4.79 Å². The smallest absolute Gasteiger partial charge is 0.267 e. The molecule has 0 aliphatic carbocycles. The quantitative estimate of drug-likeness (QED) is 0.253. The van der Waals surface area contributed by atoms with Crippen molar-refractivity contribution in [2.45, 2.75) is 13.3 Å². The van der Waals surface area contributed by atoms with Gasteiger partial charge in [0, 0.05) is 12.5 Å². The van der Waals surface area contributed by atoms with Gasteiger partial charge in [0.05, 0.1) is 27.4 Å². The highest BCUT2D eigenvalue weighted by Crippen LogP contribution is 2.29. The van der Waals surface area contributed by atoms with Crippen LogP contribution in [0.15, 0.2) is 58.6 Å². The van der Waals surface area contributed by atoms with Gasteiger partial charge in [0.25, 0.3) is 5.91 Å². The molecule has 0 aliphatic rings. The number of anilines is 1. The molecule has 1 amide bonds. The van der Waals surface area contributed by atoms with Crippen LogP contribution in [0.5, 0.6) is 23.0 Å². The molecule has 9 heteroatoms. The molecule has 1 aromatic heterocycles. The number of carbonyl (C=O) groups is 1.